The molecule has 134 valence electrons. The molecule has 0 spiro atoms. The molecule has 1 aromatic carbocycles. The van der Waals surface area contributed by atoms with Crippen molar-refractivity contribution >= 4 is 16.9 Å². The molecule has 0 aliphatic carbocycles. The second-order valence-corrected chi connectivity index (χ2v) is 6.83. The highest BCUT2D eigenvalue weighted by Gasteiger charge is 2.24. The molecule has 1 aliphatic rings. The second kappa shape index (κ2) is 6.86. The van der Waals surface area contributed by atoms with Crippen LogP contribution in [0.2, 0.25) is 0 Å². The van der Waals surface area contributed by atoms with Crippen LogP contribution in [0.1, 0.15) is 29.9 Å². The number of aromatic nitrogens is 4. The molecule has 3 aromatic rings. The summed E-state index contributed by atoms with van der Waals surface area (Å²) >= 11 is 0. The highest BCUT2D eigenvalue weighted by Crippen LogP contribution is 2.25. The minimum absolute atomic E-state index is 0.162. The number of rotatable bonds is 3. The quantitative estimate of drug-likeness (QED) is 0.722. The summed E-state index contributed by atoms with van der Waals surface area (Å²) in [5.74, 6) is 1.64. The summed E-state index contributed by atoms with van der Waals surface area (Å²) in [6, 6.07) is 8.02. The van der Waals surface area contributed by atoms with E-state index in [1.165, 1.54) is 0 Å². The van der Waals surface area contributed by atoms with Crippen molar-refractivity contribution in [2.45, 2.75) is 39.7 Å². The number of hydrogen-bond acceptors (Lipinski definition) is 6. The Labute approximate surface area is 153 Å². The number of anilines is 1. The van der Waals surface area contributed by atoms with E-state index in [4.69, 9.17) is 14.7 Å². The van der Waals surface area contributed by atoms with Crippen LogP contribution in [-0.2, 0) is 0 Å². The molecule has 3 heterocycles. The standard InChI is InChI=1S/C20H23N5O/c1-13-12-21-15(3)20(22-13)26-16-8-10-25(11-9-16)19-14(2)23-17-6-4-5-7-18(17)24-19/h4-7,12,16H,8-11H2,1-3H3. The first-order chi connectivity index (χ1) is 12.6. The summed E-state index contributed by atoms with van der Waals surface area (Å²) in [5.41, 5.74) is 4.58. The Kier molecular flexibility index (Phi) is 4.41. The summed E-state index contributed by atoms with van der Waals surface area (Å²) in [6.07, 6.45) is 3.80. The minimum Gasteiger partial charge on any atom is -0.473 e. The fourth-order valence-electron chi connectivity index (χ4n) is 3.35. The average Bonchev–Trinajstić information content (AvgIpc) is 2.65. The maximum atomic E-state index is 6.12. The van der Waals surface area contributed by atoms with E-state index in [9.17, 15) is 0 Å². The summed E-state index contributed by atoms with van der Waals surface area (Å²) in [6.45, 7) is 7.70. The van der Waals surface area contributed by atoms with Gasteiger partial charge in [-0.15, -0.1) is 0 Å². The van der Waals surface area contributed by atoms with Gasteiger partial charge >= 0.3 is 0 Å². The lowest BCUT2D eigenvalue weighted by Gasteiger charge is -2.33. The normalized spacial score (nSPS) is 15.4. The van der Waals surface area contributed by atoms with Crippen LogP contribution >= 0.6 is 0 Å². The van der Waals surface area contributed by atoms with Crippen molar-refractivity contribution in [1.82, 2.24) is 19.9 Å². The third kappa shape index (κ3) is 3.31. The third-order valence-electron chi connectivity index (χ3n) is 4.77. The molecule has 0 N–H and O–H groups in total. The highest BCUT2D eigenvalue weighted by atomic mass is 16.5. The van der Waals surface area contributed by atoms with Crippen molar-refractivity contribution in [3.8, 4) is 5.88 Å². The fraction of sp³-hybridized carbons (Fsp3) is 0.400. The lowest BCUT2D eigenvalue weighted by atomic mass is 10.1. The number of ether oxygens (including phenoxy) is 1. The molecule has 0 amide bonds. The molecule has 2 aromatic heterocycles. The largest absolute Gasteiger partial charge is 0.473 e. The molecule has 1 fully saturated rings. The first-order valence-corrected chi connectivity index (χ1v) is 9.05. The molecule has 0 atom stereocenters. The first-order valence-electron chi connectivity index (χ1n) is 9.05. The smallest absolute Gasteiger partial charge is 0.235 e. The maximum absolute atomic E-state index is 6.12. The van der Waals surface area contributed by atoms with E-state index in [0.29, 0.717) is 5.88 Å². The van der Waals surface area contributed by atoms with E-state index in [2.05, 4.69) is 14.9 Å². The number of piperidine rings is 1. The van der Waals surface area contributed by atoms with Gasteiger partial charge in [-0.25, -0.2) is 15.0 Å². The van der Waals surface area contributed by atoms with Crippen molar-refractivity contribution in [2.75, 3.05) is 18.0 Å². The van der Waals surface area contributed by atoms with Gasteiger partial charge in [0.15, 0.2) is 5.82 Å². The summed E-state index contributed by atoms with van der Waals surface area (Å²) < 4.78 is 6.12. The van der Waals surface area contributed by atoms with Crippen LogP contribution in [0, 0.1) is 20.8 Å². The number of nitrogens with zero attached hydrogens (tertiary/aromatic N) is 5. The van der Waals surface area contributed by atoms with Crippen molar-refractivity contribution in [1.29, 1.82) is 0 Å². The van der Waals surface area contributed by atoms with Gasteiger partial charge in [0.1, 0.15) is 6.10 Å². The van der Waals surface area contributed by atoms with Gasteiger partial charge in [0.25, 0.3) is 0 Å². The molecule has 1 aliphatic heterocycles. The number of benzene rings is 1. The molecular weight excluding hydrogens is 326 g/mol. The maximum Gasteiger partial charge on any atom is 0.235 e. The summed E-state index contributed by atoms with van der Waals surface area (Å²) in [7, 11) is 0. The zero-order valence-corrected chi connectivity index (χ0v) is 15.4. The van der Waals surface area contributed by atoms with Crippen LogP contribution in [-0.4, -0.2) is 39.1 Å². The van der Waals surface area contributed by atoms with Gasteiger partial charge in [-0.05, 0) is 32.9 Å². The lowest BCUT2D eigenvalue weighted by Crippen LogP contribution is -2.39. The summed E-state index contributed by atoms with van der Waals surface area (Å²) in [4.78, 5) is 20.7. The molecule has 6 heteroatoms. The number of aryl methyl sites for hydroxylation is 3. The molecule has 0 saturated carbocycles. The first kappa shape index (κ1) is 16.7. The Morgan fingerprint density at radius 3 is 2.35 bits per heavy atom. The zero-order valence-electron chi connectivity index (χ0n) is 15.4. The third-order valence-corrected chi connectivity index (χ3v) is 4.77. The van der Waals surface area contributed by atoms with Gasteiger partial charge in [-0.3, -0.25) is 4.98 Å². The van der Waals surface area contributed by atoms with E-state index < -0.39 is 0 Å². The van der Waals surface area contributed by atoms with Gasteiger partial charge in [0, 0.05) is 32.1 Å². The van der Waals surface area contributed by atoms with E-state index in [1.54, 1.807) is 6.20 Å². The monoisotopic (exact) mass is 349 g/mol. The predicted molar refractivity (Wildman–Crippen MR) is 102 cm³/mol. The van der Waals surface area contributed by atoms with Crippen molar-refractivity contribution in [3.05, 3.63) is 47.5 Å². The van der Waals surface area contributed by atoms with Crippen LogP contribution in [0.3, 0.4) is 0 Å². The second-order valence-electron chi connectivity index (χ2n) is 6.83. The van der Waals surface area contributed by atoms with Crippen molar-refractivity contribution < 1.29 is 4.74 Å². The highest BCUT2D eigenvalue weighted by molar-refractivity contribution is 5.76. The Morgan fingerprint density at radius 1 is 0.923 bits per heavy atom. The number of hydrogen-bond donors (Lipinski definition) is 0. The van der Waals surface area contributed by atoms with Crippen LogP contribution < -0.4 is 9.64 Å². The van der Waals surface area contributed by atoms with Crippen LogP contribution in [0.5, 0.6) is 5.88 Å². The number of fused-ring (bicyclic) bond motifs is 1. The molecule has 0 radical (unpaired) electrons. The molecular formula is C20H23N5O. The summed E-state index contributed by atoms with van der Waals surface area (Å²) in [5, 5.41) is 0. The molecule has 4 rings (SSSR count). The van der Waals surface area contributed by atoms with E-state index in [-0.39, 0.29) is 6.10 Å². The molecule has 6 nitrogen and oxygen atoms in total. The Bertz CT molecular complexity index is 935. The Morgan fingerprint density at radius 2 is 1.62 bits per heavy atom. The van der Waals surface area contributed by atoms with Gasteiger partial charge in [0.2, 0.25) is 5.88 Å². The predicted octanol–water partition coefficient (Wildman–Crippen LogP) is 3.39. The van der Waals surface area contributed by atoms with Gasteiger partial charge in [0.05, 0.1) is 28.1 Å². The van der Waals surface area contributed by atoms with Crippen LogP contribution in [0.15, 0.2) is 30.5 Å². The zero-order chi connectivity index (χ0) is 18.1. The molecule has 0 unspecified atom stereocenters. The van der Waals surface area contributed by atoms with E-state index >= 15 is 0 Å². The fourth-order valence-corrected chi connectivity index (χ4v) is 3.35. The lowest BCUT2D eigenvalue weighted by molar-refractivity contribution is 0.161. The Hall–Kier alpha value is -2.76. The van der Waals surface area contributed by atoms with Crippen LogP contribution in [0.25, 0.3) is 11.0 Å². The van der Waals surface area contributed by atoms with Gasteiger partial charge in [-0.1, -0.05) is 12.1 Å². The SMILES string of the molecule is Cc1cnc(C)c(OC2CCN(c3nc4ccccc4nc3C)CC2)n1. The van der Waals surface area contributed by atoms with E-state index in [0.717, 1.165) is 59.9 Å². The van der Waals surface area contributed by atoms with Gasteiger partial charge in [-0.2, -0.15) is 0 Å². The van der Waals surface area contributed by atoms with Gasteiger partial charge < -0.3 is 9.64 Å². The van der Waals surface area contributed by atoms with E-state index in [1.807, 2.05) is 45.0 Å². The van der Waals surface area contributed by atoms with Crippen molar-refractivity contribution in [2.24, 2.45) is 0 Å². The molecule has 26 heavy (non-hydrogen) atoms. The van der Waals surface area contributed by atoms with Crippen LogP contribution in [0.4, 0.5) is 5.82 Å². The molecule has 0 bridgehead atoms. The average molecular weight is 349 g/mol. The minimum atomic E-state index is 0.162. The topological polar surface area (TPSA) is 64.0 Å². The molecule has 1 saturated heterocycles. The Balaban J connectivity index is 1.47. The van der Waals surface area contributed by atoms with Crippen molar-refractivity contribution in [3.63, 3.8) is 0 Å². The number of para-hydroxylation sites is 2.